The normalized spacial score (nSPS) is 13.7. The molecule has 0 saturated carbocycles. The van der Waals surface area contributed by atoms with Gasteiger partial charge in [-0.2, -0.15) is 0 Å². The molecule has 0 aliphatic carbocycles. The van der Waals surface area contributed by atoms with Gasteiger partial charge in [0.15, 0.2) is 0 Å². The number of rotatable bonds is 3. The van der Waals surface area contributed by atoms with Crippen molar-refractivity contribution in [2.75, 3.05) is 23.8 Å². The summed E-state index contributed by atoms with van der Waals surface area (Å²) in [5, 5.41) is 12.4. The van der Waals surface area contributed by atoms with Crippen molar-refractivity contribution in [1.82, 2.24) is 0 Å². The minimum Gasteiger partial charge on any atom is -0.478 e. The lowest BCUT2D eigenvalue weighted by Crippen LogP contribution is -2.24. The molecule has 2 aromatic carbocycles. The quantitative estimate of drug-likeness (QED) is 0.904. The van der Waals surface area contributed by atoms with Gasteiger partial charge in [-0.1, -0.05) is 12.1 Å². The molecule has 1 aliphatic heterocycles. The number of hydrogen-bond donors (Lipinski definition) is 2. The zero-order chi connectivity index (χ0) is 14.8. The lowest BCUT2D eigenvalue weighted by atomic mass is 10.0. The molecule has 108 valence electrons. The van der Waals surface area contributed by atoms with Crippen LogP contribution in [0.4, 0.5) is 17.1 Å². The molecular formula is C17H18N2O2. The van der Waals surface area contributed by atoms with E-state index in [1.807, 2.05) is 12.1 Å². The predicted octanol–water partition coefficient (Wildman–Crippen LogP) is 3.51. The van der Waals surface area contributed by atoms with Gasteiger partial charge in [-0.25, -0.2) is 4.79 Å². The Balaban J connectivity index is 1.91. The molecule has 0 bridgehead atoms. The van der Waals surface area contributed by atoms with Crippen molar-refractivity contribution >= 4 is 23.0 Å². The third-order valence-electron chi connectivity index (χ3n) is 3.87. The largest absolute Gasteiger partial charge is 0.478 e. The maximum atomic E-state index is 11.2. The van der Waals surface area contributed by atoms with Crippen LogP contribution in [-0.4, -0.2) is 24.7 Å². The molecule has 0 amide bonds. The Hall–Kier alpha value is -2.49. The lowest BCUT2D eigenvalue weighted by molar-refractivity contribution is 0.0698. The molecule has 0 radical (unpaired) electrons. The van der Waals surface area contributed by atoms with E-state index < -0.39 is 5.97 Å². The van der Waals surface area contributed by atoms with E-state index in [0.29, 0.717) is 5.69 Å². The van der Waals surface area contributed by atoms with Crippen LogP contribution in [0.2, 0.25) is 0 Å². The Kier molecular flexibility index (Phi) is 3.52. The molecule has 4 heteroatoms. The van der Waals surface area contributed by atoms with Crippen LogP contribution in [0.3, 0.4) is 0 Å². The first-order valence-electron chi connectivity index (χ1n) is 7.08. The number of carboxylic acid groups (broad SMARTS) is 1. The first-order chi connectivity index (χ1) is 10.1. The monoisotopic (exact) mass is 282 g/mol. The van der Waals surface area contributed by atoms with E-state index in [9.17, 15) is 9.90 Å². The molecule has 21 heavy (non-hydrogen) atoms. The first-order valence-corrected chi connectivity index (χ1v) is 7.08. The zero-order valence-corrected chi connectivity index (χ0v) is 12.0. The standard InChI is InChI=1S/C17H18N2O2/c1-19-10-4-5-12-11-13(8-9-16(12)19)18-15-7-3-2-6-14(15)17(20)21/h2-3,6-9,11,18H,4-5,10H2,1H3,(H,20,21). The van der Waals surface area contributed by atoms with Crippen LogP contribution >= 0.6 is 0 Å². The number of hydrogen-bond acceptors (Lipinski definition) is 3. The molecule has 0 aromatic heterocycles. The summed E-state index contributed by atoms with van der Waals surface area (Å²) in [7, 11) is 2.10. The van der Waals surface area contributed by atoms with Gasteiger partial charge in [-0.05, 0) is 48.7 Å². The average Bonchev–Trinajstić information content (AvgIpc) is 2.48. The van der Waals surface area contributed by atoms with Gasteiger partial charge in [-0.15, -0.1) is 0 Å². The SMILES string of the molecule is CN1CCCc2cc(Nc3ccccc3C(=O)O)ccc21. The van der Waals surface area contributed by atoms with Crippen molar-refractivity contribution in [2.45, 2.75) is 12.8 Å². The van der Waals surface area contributed by atoms with E-state index in [2.05, 4.69) is 29.4 Å². The topological polar surface area (TPSA) is 52.6 Å². The summed E-state index contributed by atoms with van der Waals surface area (Å²) in [4.78, 5) is 13.5. The number of para-hydroxylation sites is 1. The van der Waals surface area contributed by atoms with Crippen molar-refractivity contribution < 1.29 is 9.90 Å². The summed E-state index contributed by atoms with van der Waals surface area (Å²) < 4.78 is 0. The fourth-order valence-corrected chi connectivity index (χ4v) is 2.80. The molecule has 0 saturated heterocycles. The van der Waals surface area contributed by atoms with E-state index in [4.69, 9.17) is 0 Å². The maximum absolute atomic E-state index is 11.2. The Morgan fingerprint density at radius 1 is 1.24 bits per heavy atom. The lowest BCUT2D eigenvalue weighted by Gasteiger charge is -2.28. The van der Waals surface area contributed by atoms with Gasteiger partial charge in [0.2, 0.25) is 0 Å². The molecule has 0 fully saturated rings. The Morgan fingerprint density at radius 2 is 2.05 bits per heavy atom. The van der Waals surface area contributed by atoms with Crippen LogP contribution in [0.1, 0.15) is 22.3 Å². The van der Waals surface area contributed by atoms with Crippen LogP contribution in [0.5, 0.6) is 0 Å². The van der Waals surface area contributed by atoms with Crippen molar-refractivity contribution in [1.29, 1.82) is 0 Å². The van der Waals surface area contributed by atoms with Crippen LogP contribution in [-0.2, 0) is 6.42 Å². The number of aromatic carboxylic acids is 1. The molecule has 2 aromatic rings. The summed E-state index contributed by atoms with van der Waals surface area (Å²) in [6.07, 6.45) is 2.22. The molecule has 0 spiro atoms. The van der Waals surface area contributed by atoms with Crippen LogP contribution in [0.25, 0.3) is 0 Å². The molecule has 3 rings (SSSR count). The summed E-state index contributed by atoms with van der Waals surface area (Å²) in [6.45, 7) is 1.08. The number of nitrogens with zero attached hydrogens (tertiary/aromatic N) is 1. The van der Waals surface area contributed by atoms with Crippen molar-refractivity contribution in [3.05, 3.63) is 53.6 Å². The maximum Gasteiger partial charge on any atom is 0.337 e. The Morgan fingerprint density at radius 3 is 2.86 bits per heavy atom. The van der Waals surface area contributed by atoms with Gasteiger partial charge in [0.25, 0.3) is 0 Å². The highest BCUT2D eigenvalue weighted by molar-refractivity contribution is 5.95. The highest BCUT2D eigenvalue weighted by Crippen LogP contribution is 2.30. The molecule has 1 aliphatic rings. The summed E-state index contributed by atoms with van der Waals surface area (Å²) in [5.41, 5.74) is 4.40. The van der Waals surface area contributed by atoms with Crippen LogP contribution < -0.4 is 10.2 Å². The highest BCUT2D eigenvalue weighted by Gasteiger charge is 2.14. The smallest absolute Gasteiger partial charge is 0.337 e. The van der Waals surface area contributed by atoms with E-state index >= 15 is 0 Å². The van der Waals surface area contributed by atoms with Crippen molar-refractivity contribution in [2.24, 2.45) is 0 Å². The molecular weight excluding hydrogens is 264 g/mol. The van der Waals surface area contributed by atoms with Gasteiger partial charge in [-0.3, -0.25) is 0 Å². The van der Waals surface area contributed by atoms with E-state index in [-0.39, 0.29) is 5.56 Å². The summed E-state index contributed by atoms with van der Waals surface area (Å²) in [5.74, 6) is -0.921. The minimum absolute atomic E-state index is 0.285. The van der Waals surface area contributed by atoms with Gasteiger partial charge in [0.05, 0.1) is 11.3 Å². The highest BCUT2D eigenvalue weighted by atomic mass is 16.4. The summed E-state index contributed by atoms with van der Waals surface area (Å²) in [6, 6.07) is 13.2. The van der Waals surface area contributed by atoms with E-state index in [1.54, 1.807) is 18.2 Å². The number of carboxylic acids is 1. The van der Waals surface area contributed by atoms with Gasteiger partial charge < -0.3 is 15.3 Å². The molecule has 0 unspecified atom stereocenters. The van der Waals surface area contributed by atoms with Crippen LogP contribution in [0, 0.1) is 0 Å². The first kappa shape index (κ1) is 13.5. The van der Waals surface area contributed by atoms with Gasteiger partial charge in [0.1, 0.15) is 0 Å². The average molecular weight is 282 g/mol. The molecule has 1 heterocycles. The van der Waals surface area contributed by atoms with Crippen molar-refractivity contribution in [3.63, 3.8) is 0 Å². The second-order valence-electron chi connectivity index (χ2n) is 5.34. The number of carbonyl (C=O) groups is 1. The fourth-order valence-electron chi connectivity index (χ4n) is 2.80. The molecule has 0 atom stereocenters. The third kappa shape index (κ3) is 2.70. The summed E-state index contributed by atoms with van der Waals surface area (Å²) >= 11 is 0. The number of fused-ring (bicyclic) bond motifs is 1. The van der Waals surface area contributed by atoms with E-state index in [1.165, 1.54) is 11.3 Å². The Bertz CT molecular complexity index is 682. The number of nitrogens with one attached hydrogen (secondary N) is 1. The fraction of sp³-hybridized carbons (Fsp3) is 0.235. The van der Waals surface area contributed by atoms with E-state index in [0.717, 1.165) is 25.1 Å². The molecule has 2 N–H and O–H groups in total. The third-order valence-corrected chi connectivity index (χ3v) is 3.87. The van der Waals surface area contributed by atoms with Gasteiger partial charge >= 0.3 is 5.97 Å². The Labute approximate surface area is 124 Å². The molecule has 4 nitrogen and oxygen atoms in total. The number of benzene rings is 2. The second kappa shape index (κ2) is 5.48. The second-order valence-corrected chi connectivity index (χ2v) is 5.34. The zero-order valence-electron chi connectivity index (χ0n) is 12.0. The van der Waals surface area contributed by atoms with Gasteiger partial charge in [0, 0.05) is 25.0 Å². The van der Waals surface area contributed by atoms with Crippen LogP contribution in [0.15, 0.2) is 42.5 Å². The number of aryl methyl sites for hydroxylation is 1. The van der Waals surface area contributed by atoms with Crippen molar-refractivity contribution in [3.8, 4) is 0 Å². The number of anilines is 3. The predicted molar refractivity (Wildman–Crippen MR) is 84.7 cm³/mol. The minimum atomic E-state index is -0.921.